The molecule has 0 amide bonds. The lowest BCUT2D eigenvalue weighted by atomic mass is 10.1. The van der Waals surface area contributed by atoms with Crippen molar-refractivity contribution >= 4 is 36.6 Å². The molecule has 0 bridgehead atoms. The van der Waals surface area contributed by atoms with E-state index in [0.717, 1.165) is 11.3 Å². The van der Waals surface area contributed by atoms with Gasteiger partial charge in [0.2, 0.25) is 0 Å². The van der Waals surface area contributed by atoms with Gasteiger partial charge in [0.05, 0.1) is 0 Å². The van der Waals surface area contributed by atoms with Gasteiger partial charge in [0.1, 0.15) is 11.9 Å². The third kappa shape index (κ3) is 6.31. The van der Waals surface area contributed by atoms with Crippen molar-refractivity contribution in [1.82, 2.24) is 4.98 Å². The maximum Gasteiger partial charge on any atom is 0.320 e. The van der Waals surface area contributed by atoms with Gasteiger partial charge in [-0.15, -0.1) is 24.8 Å². The standard InChI is InChI=1S/C10H15N3O2.2ClH/c1-6-4-7(13-9(12)5-6)2-3-8(11)10(14)15;;/h4-5,8H,2-3,11H2,1H3,(H2,12,13)(H,14,15);2*1H. The number of carboxylic acids is 1. The Kier molecular flexibility index (Phi) is 8.74. The fraction of sp³-hybridized carbons (Fsp3) is 0.400. The summed E-state index contributed by atoms with van der Waals surface area (Å²) < 4.78 is 0. The predicted octanol–water partition coefficient (Wildman–Crippen LogP) is 1.16. The van der Waals surface area contributed by atoms with Gasteiger partial charge in [-0.2, -0.15) is 0 Å². The Balaban J connectivity index is 0. The minimum absolute atomic E-state index is 0. The molecule has 1 heterocycles. The molecule has 1 unspecified atom stereocenters. The van der Waals surface area contributed by atoms with Gasteiger partial charge in [-0.25, -0.2) is 4.98 Å². The van der Waals surface area contributed by atoms with Crippen LogP contribution >= 0.6 is 24.8 Å². The highest BCUT2D eigenvalue weighted by atomic mass is 35.5. The van der Waals surface area contributed by atoms with Crippen LogP contribution in [0.2, 0.25) is 0 Å². The summed E-state index contributed by atoms with van der Waals surface area (Å²) in [5.41, 5.74) is 12.7. The van der Waals surface area contributed by atoms with Crippen LogP contribution in [0.5, 0.6) is 0 Å². The lowest BCUT2D eigenvalue weighted by molar-refractivity contribution is -0.138. The van der Waals surface area contributed by atoms with Gasteiger partial charge >= 0.3 is 5.97 Å². The summed E-state index contributed by atoms with van der Waals surface area (Å²) in [6.07, 6.45) is 0.893. The van der Waals surface area contributed by atoms with E-state index in [0.29, 0.717) is 18.7 Å². The topological polar surface area (TPSA) is 102 Å². The van der Waals surface area contributed by atoms with Gasteiger partial charge in [-0.1, -0.05) is 0 Å². The molecule has 1 aromatic heterocycles. The first-order valence-electron chi connectivity index (χ1n) is 4.70. The summed E-state index contributed by atoms with van der Waals surface area (Å²) in [5, 5.41) is 8.60. The third-order valence-electron chi connectivity index (χ3n) is 2.07. The van der Waals surface area contributed by atoms with Crippen LogP contribution in [0.15, 0.2) is 12.1 Å². The lowest BCUT2D eigenvalue weighted by Gasteiger charge is -2.06. The number of nitrogens with two attached hydrogens (primary N) is 2. The highest BCUT2D eigenvalue weighted by molar-refractivity contribution is 5.85. The average Bonchev–Trinajstić information content (AvgIpc) is 2.12. The molecular formula is C10H17Cl2N3O2. The number of nitrogen functional groups attached to an aromatic ring is 1. The SMILES string of the molecule is Cc1cc(N)nc(CCC(N)C(=O)O)c1.Cl.Cl. The van der Waals surface area contributed by atoms with Crippen LogP contribution in [-0.2, 0) is 11.2 Å². The van der Waals surface area contributed by atoms with Crippen molar-refractivity contribution in [2.75, 3.05) is 5.73 Å². The number of pyridine rings is 1. The van der Waals surface area contributed by atoms with Crippen LogP contribution in [0.1, 0.15) is 17.7 Å². The number of nitrogens with zero attached hydrogens (tertiary/aromatic N) is 1. The molecule has 0 saturated heterocycles. The van der Waals surface area contributed by atoms with Gasteiger partial charge in [0.15, 0.2) is 0 Å². The van der Waals surface area contributed by atoms with E-state index in [2.05, 4.69) is 4.98 Å². The zero-order valence-corrected chi connectivity index (χ0v) is 11.1. The number of hydrogen-bond acceptors (Lipinski definition) is 4. The normalized spacial score (nSPS) is 10.9. The number of aliphatic carboxylic acids is 1. The van der Waals surface area contributed by atoms with Crippen molar-refractivity contribution in [2.45, 2.75) is 25.8 Å². The summed E-state index contributed by atoms with van der Waals surface area (Å²) in [6, 6.07) is 2.81. The number of halogens is 2. The minimum atomic E-state index is -0.990. The van der Waals surface area contributed by atoms with E-state index in [1.54, 1.807) is 6.07 Å². The number of carbonyl (C=O) groups is 1. The van der Waals surface area contributed by atoms with Crippen LogP contribution in [-0.4, -0.2) is 22.1 Å². The molecule has 1 atom stereocenters. The molecule has 0 aliphatic heterocycles. The second kappa shape index (κ2) is 8.11. The van der Waals surface area contributed by atoms with Gasteiger partial charge in [0, 0.05) is 5.69 Å². The molecule has 0 spiro atoms. The minimum Gasteiger partial charge on any atom is -0.480 e. The lowest BCUT2D eigenvalue weighted by Crippen LogP contribution is -2.30. The maximum absolute atomic E-state index is 10.5. The molecule has 5 nitrogen and oxygen atoms in total. The zero-order valence-electron chi connectivity index (χ0n) is 9.42. The van der Waals surface area contributed by atoms with E-state index >= 15 is 0 Å². The summed E-state index contributed by atoms with van der Waals surface area (Å²) in [7, 11) is 0. The molecule has 0 fully saturated rings. The van der Waals surface area contributed by atoms with E-state index in [-0.39, 0.29) is 24.8 Å². The Morgan fingerprint density at radius 1 is 1.47 bits per heavy atom. The van der Waals surface area contributed by atoms with Gasteiger partial charge in [0.25, 0.3) is 0 Å². The fourth-order valence-corrected chi connectivity index (χ4v) is 1.32. The van der Waals surface area contributed by atoms with E-state index < -0.39 is 12.0 Å². The predicted molar refractivity (Wildman–Crippen MR) is 71.8 cm³/mol. The summed E-state index contributed by atoms with van der Waals surface area (Å²) in [4.78, 5) is 14.6. The first-order chi connectivity index (χ1) is 6.99. The first-order valence-corrected chi connectivity index (χ1v) is 4.70. The zero-order chi connectivity index (χ0) is 11.4. The quantitative estimate of drug-likeness (QED) is 0.769. The maximum atomic E-state index is 10.5. The van der Waals surface area contributed by atoms with Gasteiger partial charge in [-0.05, 0) is 37.5 Å². The number of hydrogen-bond donors (Lipinski definition) is 3. The van der Waals surface area contributed by atoms with Gasteiger partial charge in [-0.3, -0.25) is 4.79 Å². The van der Waals surface area contributed by atoms with Crippen molar-refractivity contribution in [1.29, 1.82) is 0 Å². The van der Waals surface area contributed by atoms with E-state index in [9.17, 15) is 4.79 Å². The Hall–Kier alpha value is -1.04. The number of anilines is 1. The second-order valence-electron chi connectivity index (χ2n) is 3.54. The molecule has 0 radical (unpaired) electrons. The number of rotatable bonds is 4. The summed E-state index contributed by atoms with van der Waals surface area (Å²) in [6.45, 7) is 1.92. The van der Waals surface area contributed by atoms with Crippen molar-refractivity contribution in [3.05, 3.63) is 23.4 Å². The molecule has 0 aliphatic rings. The highest BCUT2D eigenvalue weighted by Crippen LogP contribution is 2.09. The smallest absolute Gasteiger partial charge is 0.320 e. The summed E-state index contributed by atoms with van der Waals surface area (Å²) >= 11 is 0. The van der Waals surface area contributed by atoms with Crippen molar-refractivity contribution in [3.8, 4) is 0 Å². The van der Waals surface area contributed by atoms with Crippen molar-refractivity contribution in [3.63, 3.8) is 0 Å². The number of aryl methyl sites for hydroxylation is 2. The third-order valence-corrected chi connectivity index (χ3v) is 2.07. The van der Waals surface area contributed by atoms with Crippen LogP contribution in [0.3, 0.4) is 0 Å². The number of carboxylic acid groups (broad SMARTS) is 1. The van der Waals surface area contributed by atoms with E-state index in [1.165, 1.54) is 0 Å². The Labute approximate surface area is 112 Å². The monoisotopic (exact) mass is 281 g/mol. The molecule has 7 heteroatoms. The van der Waals surface area contributed by atoms with Crippen molar-refractivity contribution in [2.24, 2.45) is 5.73 Å². The van der Waals surface area contributed by atoms with E-state index in [1.807, 2.05) is 13.0 Å². The van der Waals surface area contributed by atoms with E-state index in [4.69, 9.17) is 16.6 Å². The molecule has 0 saturated carbocycles. The average molecular weight is 282 g/mol. The van der Waals surface area contributed by atoms with Crippen LogP contribution < -0.4 is 11.5 Å². The number of aromatic nitrogens is 1. The van der Waals surface area contributed by atoms with Crippen LogP contribution in [0.25, 0.3) is 0 Å². The molecular weight excluding hydrogens is 265 g/mol. The fourth-order valence-electron chi connectivity index (χ4n) is 1.32. The Bertz CT molecular complexity index is 354. The van der Waals surface area contributed by atoms with Crippen molar-refractivity contribution < 1.29 is 9.90 Å². The highest BCUT2D eigenvalue weighted by Gasteiger charge is 2.11. The summed E-state index contributed by atoms with van der Waals surface area (Å²) in [5.74, 6) is -0.537. The molecule has 1 rings (SSSR count). The van der Waals surface area contributed by atoms with Crippen LogP contribution in [0, 0.1) is 6.92 Å². The molecule has 0 aromatic carbocycles. The molecule has 17 heavy (non-hydrogen) atoms. The molecule has 0 aliphatic carbocycles. The largest absolute Gasteiger partial charge is 0.480 e. The first kappa shape index (κ1) is 18.3. The molecule has 5 N–H and O–H groups in total. The Morgan fingerprint density at radius 3 is 2.53 bits per heavy atom. The molecule has 98 valence electrons. The van der Waals surface area contributed by atoms with Crippen LogP contribution in [0.4, 0.5) is 5.82 Å². The second-order valence-corrected chi connectivity index (χ2v) is 3.54. The molecule has 1 aromatic rings. The van der Waals surface area contributed by atoms with Gasteiger partial charge < -0.3 is 16.6 Å². The Morgan fingerprint density at radius 2 is 2.06 bits per heavy atom.